The van der Waals surface area contributed by atoms with Gasteiger partial charge in [0.15, 0.2) is 10.8 Å². The van der Waals surface area contributed by atoms with Gasteiger partial charge in [-0.1, -0.05) is 0 Å². The third-order valence-electron chi connectivity index (χ3n) is 3.88. The van der Waals surface area contributed by atoms with Crippen molar-refractivity contribution in [1.29, 1.82) is 0 Å². The Morgan fingerprint density at radius 1 is 1.22 bits per heavy atom. The van der Waals surface area contributed by atoms with E-state index in [4.69, 9.17) is 0 Å². The van der Waals surface area contributed by atoms with Gasteiger partial charge in [0.2, 0.25) is 5.91 Å². The third kappa shape index (κ3) is 3.47. The molecule has 8 nitrogen and oxygen atoms in total. The van der Waals surface area contributed by atoms with Crippen molar-refractivity contribution in [2.75, 3.05) is 5.32 Å². The molecular weight excluding hydrogens is 371 g/mol. The molecule has 0 aliphatic rings. The first kappa shape index (κ1) is 17.0. The molecular formula is C17H13FN6O2S. The Balaban J connectivity index is 1.55. The smallest absolute Gasteiger partial charge is 0.264 e. The zero-order chi connectivity index (χ0) is 18.8. The van der Waals surface area contributed by atoms with E-state index in [9.17, 15) is 14.0 Å². The Bertz CT molecular complexity index is 1150. The standard InChI is InChI=1S/C17H13FN6O2S/c18-11-1-3-12(4-2-11)24-15-13(9-21-24)16(26)23(10-20-15)7-5-14(25)22-17-19-6-8-27-17/h1-4,6,8-10H,5,7H2,(H,19,22,25). The highest BCUT2D eigenvalue weighted by molar-refractivity contribution is 7.13. The molecule has 136 valence electrons. The lowest BCUT2D eigenvalue weighted by atomic mass is 10.3. The molecule has 0 fully saturated rings. The third-order valence-corrected chi connectivity index (χ3v) is 4.57. The summed E-state index contributed by atoms with van der Waals surface area (Å²) >= 11 is 1.32. The molecule has 1 amide bonds. The second kappa shape index (κ2) is 7.08. The molecule has 1 N–H and O–H groups in total. The van der Waals surface area contributed by atoms with Crippen molar-refractivity contribution >= 4 is 33.4 Å². The van der Waals surface area contributed by atoms with Crippen LogP contribution in [0.3, 0.4) is 0 Å². The lowest BCUT2D eigenvalue weighted by Gasteiger charge is -2.06. The number of hydrogen-bond donors (Lipinski definition) is 1. The van der Waals surface area contributed by atoms with Crippen LogP contribution in [0, 0.1) is 5.82 Å². The van der Waals surface area contributed by atoms with Crippen LogP contribution in [0.5, 0.6) is 0 Å². The van der Waals surface area contributed by atoms with Gasteiger partial charge in [0, 0.05) is 24.5 Å². The van der Waals surface area contributed by atoms with E-state index in [2.05, 4.69) is 20.4 Å². The van der Waals surface area contributed by atoms with Crippen LogP contribution < -0.4 is 10.9 Å². The van der Waals surface area contributed by atoms with Crippen molar-refractivity contribution in [3.63, 3.8) is 0 Å². The van der Waals surface area contributed by atoms with Crippen LogP contribution in [0.15, 0.2) is 53.2 Å². The van der Waals surface area contributed by atoms with Gasteiger partial charge in [-0.2, -0.15) is 5.10 Å². The number of hydrogen-bond acceptors (Lipinski definition) is 6. The van der Waals surface area contributed by atoms with Gasteiger partial charge in [-0.25, -0.2) is 19.0 Å². The van der Waals surface area contributed by atoms with E-state index in [1.165, 1.54) is 45.2 Å². The molecule has 0 aliphatic heterocycles. The van der Waals surface area contributed by atoms with Gasteiger partial charge in [0.25, 0.3) is 5.56 Å². The van der Waals surface area contributed by atoms with Crippen molar-refractivity contribution in [1.82, 2.24) is 24.3 Å². The van der Waals surface area contributed by atoms with Crippen LogP contribution in [0.25, 0.3) is 16.7 Å². The average Bonchev–Trinajstić information content (AvgIpc) is 3.32. The fraction of sp³-hybridized carbons (Fsp3) is 0.118. The van der Waals surface area contributed by atoms with E-state index < -0.39 is 0 Å². The zero-order valence-corrected chi connectivity index (χ0v) is 14.7. The first-order valence-electron chi connectivity index (χ1n) is 8.00. The van der Waals surface area contributed by atoms with Crippen molar-refractivity contribution in [2.24, 2.45) is 0 Å². The number of benzene rings is 1. The highest BCUT2D eigenvalue weighted by Crippen LogP contribution is 2.14. The van der Waals surface area contributed by atoms with Crippen LogP contribution in [-0.2, 0) is 11.3 Å². The summed E-state index contributed by atoms with van der Waals surface area (Å²) in [6.07, 6.45) is 4.50. The van der Waals surface area contributed by atoms with Crippen LogP contribution in [0.4, 0.5) is 9.52 Å². The summed E-state index contributed by atoms with van der Waals surface area (Å²) in [5.41, 5.74) is 0.671. The second-order valence-corrected chi connectivity index (χ2v) is 6.54. The zero-order valence-electron chi connectivity index (χ0n) is 13.9. The van der Waals surface area contributed by atoms with E-state index in [1.807, 2.05) is 0 Å². The summed E-state index contributed by atoms with van der Waals surface area (Å²) in [6.45, 7) is 0.181. The number of nitrogens with one attached hydrogen (secondary N) is 1. The van der Waals surface area contributed by atoms with Gasteiger partial charge in [-0.15, -0.1) is 11.3 Å². The minimum Gasteiger partial charge on any atom is -0.302 e. The van der Waals surface area contributed by atoms with E-state index >= 15 is 0 Å². The number of anilines is 1. The number of halogens is 1. The van der Waals surface area contributed by atoms with Gasteiger partial charge < -0.3 is 5.32 Å². The first-order valence-corrected chi connectivity index (χ1v) is 8.88. The Hall–Kier alpha value is -3.40. The molecule has 3 heterocycles. The topological polar surface area (TPSA) is 94.7 Å². The highest BCUT2D eigenvalue weighted by atomic mass is 32.1. The maximum Gasteiger partial charge on any atom is 0.264 e. The van der Waals surface area contributed by atoms with Crippen LogP contribution >= 0.6 is 11.3 Å². The number of carbonyl (C=O) groups is 1. The highest BCUT2D eigenvalue weighted by Gasteiger charge is 2.12. The van der Waals surface area contributed by atoms with E-state index in [-0.39, 0.29) is 30.2 Å². The fourth-order valence-electron chi connectivity index (χ4n) is 2.57. The largest absolute Gasteiger partial charge is 0.302 e. The fourth-order valence-corrected chi connectivity index (χ4v) is 3.11. The summed E-state index contributed by atoms with van der Waals surface area (Å²) < 4.78 is 15.9. The minimum atomic E-state index is -0.360. The predicted octanol–water partition coefficient (Wildman–Crippen LogP) is 2.21. The van der Waals surface area contributed by atoms with Crippen LogP contribution in [0.2, 0.25) is 0 Å². The van der Waals surface area contributed by atoms with Gasteiger partial charge >= 0.3 is 0 Å². The molecule has 0 atom stereocenters. The monoisotopic (exact) mass is 384 g/mol. The SMILES string of the molecule is O=C(CCn1cnc2c(cnn2-c2ccc(F)cc2)c1=O)Nc1nccs1. The van der Waals surface area contributed by atoms with E-state index in [0.717, 1.165) is 0 Å². The van der Waals surface area contributed by atoms with Crippen molar-refractivity contribution in [3.05, 3.63) is 64.5 Å². The number of aromatic nitrogens is 5. The Morgan fingerprint density at radius 2 is 2.04 bits per heavy atom. The summed E-state index contributed by atoms with van der Waals surface area (Å²) in [6, 6.07) is 5.73. The summed E-state index contributed by atoms with van der Waals surface area (Å²) in [5, 5.41) is 9.44. The van der Waals surface area contributed by atoms with Gasteiger partial charge in [-0.05, 0) is 24.3 Å². The maximum atomic E-state index is 13.1. The maximum absolute atomic E-state index is 13.1. The Labute approximate surface area is 155 Å². The van der Waals surface area contributed by atoms with Crippen molar-refractivity contribution < 1.29 is 9.18 Å². The molecule has 0 radical (unpaired) electrons. The second-order valence-electron chi connectivity index (χ2n) is 5.65. The van der Waals surface area contributed by atoms with Crippen molar-refractivity contribution in [3.8, 4) is 5.69 Å². The Kier molecular flexibility index (Phi) is 4.47. The average molecular weight is 384 g/mol. The molecule has 27 heavy (non-hydrogen) atoms. The van der Waals surface area contributed by atoms with Gasteiger partial charge in [0.05, 0.1) is 18.2 Å². The molecule has 10 heteroatoms. The van der Waals surface area contributed by atoms with Crippen molar-refractivity contribution in [2.45, 2.75) is 13.0 Å². The molecule has 4 aromatic rings. The van der Waals surface area contributed by atoms with Gasteiger partial charge in [0.1, 0.15) is 11.2 Å². The van der Waals surface area contributed by atoms with Gasteiger partial charge in [-0.3, -0.25) is 14.2 Å². The number of carbonyl (C=O) groups excluding carboxylic acids is 1. The molecule has 0 spiro atoms. The first-order chi connectivity index (χ1) is 13.1. The number of rotatable bonds is 5. The normalized spacial score (nSPS) is 11.0. The van der Waals surface area contributed by atoms with E-state index in [1.54, 1.807) is 23.7 Å². The molecule has 1 aromatic carbocycles. The Morgan fingerprint density at radius 3 is 2.78 bits per heavy atom. The summed E-state index contributed by atoms with van der Waals surface area (Å²) in [4.78, 5) is 32.8. The summed E-state index contributed by atoms with van der Waals surface area (Å²) in [7, 11) is 0. The molecule has 0 bridgehead atoms. The lowest BCUT2D eigenvalue weighted by molar-refractivity contribution is -0.116. The number of amides is 1. The molecule has 3 aromatic heterocycles. The van der Waals surface area contributed by atoms with E-state index in [0.29, 0.717) is 21.9 Å². The number of aryl methyl sites for hydroxylation is 1. The molecule has 0 saturated heterocycles. The van der Waals surface area contributed by atoms with Crippen LogP contribution in [0.1, 0.15) is 6.42 Å². The predicted molar refractivity (Wildman–Crippen MR) is 98.4 cm³/mol. The molecule has 0 unspecified atom stereocenters. The van der Waals surface area contributed by atoms with Crippen LogP contribution in [-0.4, -0.2) is 30.2 Å². The molecule has 0 saturated carbocycles. The number of nitrogens with zero attached hydrogens (tertiary/aromatic N) is 5. The summed E-state index contributed by atoms with van der Waals surface area (Å²) in [5.74, 6) is -0.597. The number of thiazole rings is 1. The number of fused-ring (bicyclic) bond motifs is 1. The quantitative estimate of drug-likeness (QED) is 0.569. The minimum absolute atomic E-state index is 0.110. The molecule has 4 rings (SSSR count). The lowest BCUT2D eigenvalue weighted by Crippen LogP contribution is -2.23. The molecule has 0 aliphatic carbocycles.